The Morgan fingerprint density at radius 2 is 2.17 bits per heavy atom. The highest BCUT2D eigenvalue weighted by Crippen LogP contribution is 2.07. The second-order valence-corrected chi connectivity index (χ2v) is 4.04. The van der Waals surface area contributed by atoms with E-state index in [2.05, 4.69) is 4.74 Å². The molecule has 0 aliphatic heterocycles. The molecule has 12 heavy (non-hydrogen) atoms. The van der Waals surface area contributed by atoms with E-state index in [9.17, 15) is 17.8 Å². The third kappa shape index (κ3) is 4.38. The van der Waals surface area contributed by atoms with Crippen LogP contribution in [0, 0.1) is 0 Å². The van der Waals surface area contributed by atoms with Crippen molar-refractivity contribution < 1.29 is 27.1 Å². The number of hydrogen-bond donors (Lipinski definition) is 1. The van der Waals surface area contributed by atoms with E-state index >= 15 is 0 Å². The van der Waals surface area contributed by atoms with Crippen LogP contribution < -0.4 is 0 Å². The summed E-state index contributed by atoms with van der Waals surface area (Å²) in [4.78, 5) is 10.3. The van der Waals surface area contributed by atoms with Gasteiger partial charge >= 0.3 is 16.1 Å². The molecular weight excluding hydrogens is 207 g/mol. The molecule has 0 radical (unpaired) electrons. The lowest BCUT2D eigenvalue weighted by Gasteiger charge is -2.09. The molecule has 0 amide bonds. The van der Waals surface area contributed by atoms with Gasteiger partial charge in [-0.1, -0.05) is 0 Å². The Morgan fingerprint density at radius 1 is 1.67 bits per heavy atom. The van der Waals surface area contributed by atoms with Crippen LogP contribution in [0.1, 0.15) is 6.92 Å². The molecular formula is C4H7O6PS. The molecule has 0 aromatic carbocycles. The van der Waals surface area contributed by atoms with Crippen molar-refractivity contribution in [3.05, 3.63) is 0 Å². The number of esters is 1. The van der Waals surface area contributed by atoms with Gasteiger partial charge in [-0.3, -0.25) is 13.9 Å². The van der Waals surface area contributed by atoms with Gasteiger partial charge in [0.15, 0.2) is 8.46 Å². The normalized spacial score (nSPS) is 14.2. The van der Waals surface area contributed by atoms with Crippen LogP contribution in [0.4, 0.5) is 0 Å². The Balaban J connectivity index is 4.44. The highest BCUT2D eigenvalue weighted by Gasteiger charge is 2.25. The van der Waals surface area contributed by atoms with E-state index in [-0.39, 0.29) is 0 Å². The maximum Gasteiger partial charge on any atom is 0.304 e. The quantitative estimate of drug-likeness (QED) is 0.403. The predicted octanol–water partition coefficient (Wildman–Crippen LogP) is 0.0551. The third-order valence-electron chi connectivity index (χ3n) is 0.853. The SMILES string of the molecule is CC(=O)OC(CP=O)S(=O)(=O)O. The van der Waals surface area contributed by atoms with E-state index in [0.29, 0.717) is 0 Å². The summed E-state index contributed by atoms with van der Waals surface area (Å²) < 4.78 is 43.3. The first kappa shape index (κ1) is 11.5. The molecule has 0 fully saturated rings. The first-order chi connectivity index (χ1) is 5.38. The molecule has 0 spiro atoms. The van der Waals surface area contributed by atoms with E-state index in [4.69, 9.17) is 4.55 Å². The van der Waals surface area contributed by atoms with Crippen LogP contribution >= 0.6 is 8.46 Å². The Kier molecular flexibility index (Phi) is 4.30. The second-order valence-electron chi connectivity index (χ2n) is 1.87. The first-order valence-corrected chi connectivity index (χ1v) is 5.30. The highest BCUT2D eigenvalue weighted by molar-refractivity contribution is 7.86. The van der Waals surface area contributed by atoms with Crippen molar-refractivity contribution in [3.8, 4) is 0 Å². The molecule has 70 valence electrons. The van der Waals surface area contributed by atoms with Crippen molar-refractivity contribution in [2.75, 3.05) is 6.16 Å². The predicted molar refractivity (Wildman–Crippen MR) is 39.6 cm³/mol. The van der Waals surface area contributed by atoms with Crippen molar-refractivity contribution in [2.24, 2.45) is 0 Å². The lowest BCUT2D eigenvalue weighted by molar-refractivity contribution is -0.142. The lowest BCUT2D eigenvalue weighted by Crippen LogP contribution is -2.27. The number of carbonyl (C=O) groups excluding carboxylic acids is 1. The van der Waals surface area contributed by atoms with Gasteiger partial charge in [0.2, 0.25) is 5.44 Å². The van der Waals surface area contributed by atoms with Gasteiger partial charge in [0.1, 0.15) is 0 Å². The van der Waals surface area contributed by atoms with Gasteiger partial charge in [-0.25, -0.2) is 0 Å². The zero-order valence-electron chi connectivity index (χ0n) is 6.13. The summed E-state index contributed by atoms with van der Waals surface area (Å²) >= 11 is 0. The topological polar surface area (TPSA) is 97.7 Å². The molecule has 0 bridgehead atoms. The van der Waals surface area contributed by atoms with Crippen LogP contribution in [-0.2, 0) is 24.2 Å². The lowest BCUT2D eigenvalue weighted by atomic mass is 10.7. The molecule has 0 heterocycles. The molecule has 0 aliphatic rings. The molecule has 0 saturated heterocycles. The van der Waals surface area contributed by atoms with Gasteiger partial charge in [0.05, 0.1) is 6.16 Å². The summed E-state index contributed by atoms with van der Waals surface area (Å²) in [7, 11) is -4.99. The monoisotopic (exact) mass is 214 g/mol. The largest absolute Gasteiger partial charge is 0.443 e. The number of ether oxygens (including phenoxy) is 1. The summed E-state index contributed by atoms with van der Waals surface area (Å²) in [6, 6.07) is 0. The van der Waals surface area contributed by atoms with Crippen LogP contribution in [0.2, 0.25) is 0 Å². The molecule has 6 nitrogen and oxygen atoms in total. The summed E-state index contributed by atoms with van der Waals surface area (Å²) in [6.45, 7) is 0.986. The fourth-order valence-electron chi connectivity index (χ4n) is 0.438. The van der Waals surface area contributed by atoms with Crippen LogP contribution in [0.25, 0.3) is 0 Å². The van der Waals surface area contributed by atoms with Gasteiger partial charge < -0.3 is 4.74 Å². The molecule has 0 rings (SSSR count). The first-order valence-electron chi connectivity index (χ1n) is 2.80. The summed E-state index contributed by atoms with van der Waals surface area (Å²) in [6.07, 6.45) is -0.474. The van der Waals surface area contributed by atoms with Gasteiger partial charge in [-0.2, -0.15) is 8.42 Å². The minimum absolute atomic E-state index is 0.474. The Bertz CT molecular complexity index is 269. The van der Waals surface area contributed by atoms with E-state index < -0.39 is 36.1 Å². The Labute approximate surface area is 70.9 Å². The summed E-state index contributed by atoms with van der Waals surface area (Å²) in [5.74, 6) is -0.860. The second kappa shape index (κ2) is 4.49. The minimum Gasteiger partial charge on any atom is -0.443 e. The third-order valence-corrected chi connectivity index (χ3v) is 2.51. The fourth-order valence-corrected chi connectivity index (χ4v) is 1.83. The molecule has 0 saturated carbocycles. The van der Waals surface area contributed by atoms with E-state index in [1.165, 1.54) is 0 Å². The Hall–Kier alpha value is -0.520. The number of hydrogen-bond acceptors (Lipinski definition) is 5. The van der Waals surface area contributed by atoms with E-state index in [0.717, 1.165) is 6.92 Å². The minimum atomic E-state index is -4.47. The van der Waals surface area contributed by atoms with Gasteiger partial charge in [0, 0.05) is 6.92 Å². The van der Waals surface area contributed by atoms with Crippen LogP contribution in [-0.4, -0.2) is 30.5 Å². The van der Waals surface area contributed by atoms with Crippen molar-refractivity contribution in [1.82, 2.24) is 0 Å². The molecule has 0 aliphatic carbocycles. The number of rotatable bonds is 4. The van der Waals surface area contributed by atoms with Crippen LogP contribution in [0.5, 0.6) is 0 Å². The van der Waals surface area contributed by atoms with Crippen molar-refractivity contribution >= 4 is 24.5 Å². The highest BCUT2D eigenvalue weighted by atomic mass is 32.2. The molecule has 8 heteroatoms. The van der Waals surface area contributed by atoms with Crippen molar-refractivity contribution in [2.45, 2.75) is 12.4 Å². The van der Waals surface area contributed by atoms with E-state index in [1.807, 2.05) is 0 Å². The maximum atomic E-state index is 10.4. The zero-order chi connectivity index (χ0) is 9.78. The molecule has 0 aromatic heterocycles. The number of carbonyl (C=O) groups is 1. The average Bonchev–Trinajstić information content (AvgIpc) is 1.83. The summed E-state index contributed by atoms with van der Waals surface area (Å²) in [5, 5.41) is 0. The van der Waals surface area contributed by atoms with Crippen LogP contribution in [0.3, 0.4) is 0 Å². The fraction of sp³-hybridized carbons (Fsp3) is 0.750. The van der Waals surface area contributed by atoms with E-state index in [1.54, 1.807) is 0 Å². The van der Waals surface area contributed by atoms with Gasteiger partial charge in [-0.15, -0.1) is 0 Å². The smallest absolute Gasteiger partial charge is 0.304 e. The average molecular weight is 214 g/mol. The molecule has 1 atom stereocenters. The maximum absolute atomic E-state index is 10.4. The Morgan fingerprint density at radius 3 is 2.42 bits per heavy atom. The van der Waals surface area contributed by atoms with Crippen molar-refractivity contribution in [1.29, 1.82) is 0 Å². The summed E-state index contributed by atoms with van der Waals surface area (Å²) in [5.41, 5.74) is -1.74. The zero-order valence-corrected chi connectivity index (χ0v) is 7.84. The molecule has 1 N–H and O–H groups in total. The van der Waals surface area contributed by atoms with Gasteiger partial charge in [-0.05, 0) is 0 Å². The standard InChI is InChI=1S/C4H7O6PS/c1-3(5)10-4(2-11-6)12(7,8)9/h4H,2H2,1H3,(H,7,8,9). The van der Waals surface area contributed by atoms with Crippen molar-refractivity contribution in [3.63, 3.8) is 0 Å². The molecule has 0 aromatic rings. The molecule has 1 unspecified atom stereocenters. The van der Waals surface area contributed by atoms with Crippen LogP contribution in [0.15, 0.2) is 0 Å². The van der Waals surface area contributed by atoms with Gasteiger partial charge in [0.25, 0.3) is 0 Å².